The van der Waals surface area contributed by atoms with Crippen LogP contribution in [0.15, 0.2) is 0 Å². The van der Waals surface area contributed by atoms with Crippen molar-refractivity contribution in [3.05, 3.63) is 0 Å². The van der Waals surface area contributed by atoms with Crippen LogP contribution >= 0.6 is 24.8 Å². The number of likely N-dealkylation sites (N-methyl/N-ethyl adjacent to an activating group) is 1. The number of amides is 1. The second-order valence-electron chi connectivity index (χ2n) is 3.97. The van der Waals surface area contributed by atoms with E-state index in [9.17, 15) is 4.79 Å². The van der Waals surface area contributed by atoms with Crippen molar-refractivity contribution in [2.45, 2.75) is 25.4 Å². The summed E-state index contributed by atoms with van der Waals surface area (Å²) < 4.78 is 0. The van der Waals surface area contributed by atoms with Crippen LogP contribution < -0.4 is 5.73 Å². The average molecular weight is 258 g/mol. The van der Waals surface area contributed by atoms with Crippen LogP contribution in [0.25, 0.3) is 0 Å². The summed E-state index contributed by atoms with van der Waals surface area (Å²) >= 11 is 0. The molecule has 0 aromatic rings. The van der Waals surface area contributed by atoms with Gasteiger partial charge in [0.2, 0.25) is 5.91 Å². The number of nitrogens with two attached hydrogens (primary N) is 1. The summed E-state index contributed by atoms with van der Waals surface area (Å²) in [5, 5.41) is 0. The first kappa shape index (κ1) is 17.4. The number of carbonyl (C=O) groups is 1. The molecule has 0 radical (unpaired) electrons. The molecule has 92 valence electrons. The van der Waals surface area contributed by atoms with Crippen molar-refractivity contribution in [1.82, 2.24) is 9.80 Å². The summed E-state index contributed by atoms with van der Waals surface area (Å²) in [5.74, 6) is 0.193. The quantitative estimate of drug-likeness (QED) is 0.777. The lowest BCUT2D eigenvalue weighted by atomic mass is 10.3. The number of rotatable bonds is 2. The van der Waals surface area contributed by atoms with Crippen LogP contribution in [-0.2, 0) is 4.79 Å². The molecule has 0 bridgehead atoms. The molecule has 0 saturated carbocycles. The van der Waals surface area contributed by atoms with E-state index in [4.69, 9.17) is 5.73 Å². The Balaban J connectivity index is 0. The maximum atomic E-state index is 11.8. The van der Waals surface area contributed by atoms with Gasteiger partial charge in [-0.15, -0.1) is 24.8 Å². The number of hydrogen-bond acceptors (Lipinski definition) is 3. The fraction of sp³-hybridized carbons (Fsp3) is 0.889. The van der Waals surface area contributed by atoms with Crippen molar-refractivity contribution in [3.63, 3.8) is 0 Å². The zero-order chi connectivity index (χ0) is 10.0. The van der Waals surface area contributed by atoms with Gasteiger partial charge in [-0.1, -0.05) is 0 Å². The molecule has 2 atom stereocenters. The number of hydrogen-bond donors (Lipinski definition) is 1. The lowest BCUT2D eigenvalue weighted by Gasteiger charge is -2.24. The van der Waals surface area contributed by atoms with Gasteiger partial charge in [0, 0.05) is 19.1 Å². The molecule has 1 unspecified atom stereocenters. The van der Waals surface area contributed by atoms with E-state index < -0.39 is 0 Å². The van der Waals surface area contributed by atoms with Crippen LogP contribution in [0.3, 0.4) is 0 Å². The van der Waals surface area contributed by atoms with E-state index in [1.54, 1.807) is 0 Å². The van der Waals surface area contributed by atoms with Crippen LogP contribution in [0.1, 0.15) is 13.3 Å². The van der Waals surface area contributed by atoms with Crippen LogP contribution in [0.2, 0.25) is 0 Å². The molecular formula is C9H21Cl2N3O. The third-order valence-electron chi connectivity index (χ3n) is 2.67. The first-order chi connectivity index (χ1) is 6.02. The maximum Gasteiger partial charge on any atom is 0.239 e. The fourth-order valence-electron chi connectivity index (χ4n) is 1.47. The Bertz CT molecular complexity index is 202. The molecule has 0 aromatic carbocycles. The highest BCUT2D eigenvalue weighted by Gasteiger charge is 2.27. The van der Waals surface area contributed by atoms with Gasteiger partial charge in [-0.25, -0.2) is 0 Å². The number of halogens is 2. The normalized spacial score (nSPS) is 21.9. The molecule has 1 saturated heterocycles. The van der Waals surface area contributed by atoms with Crippen molar-refractivity contribution in [3.8, 4) is 0 Å². The SMILES string of the molecule is C[C@@H](C(=O)N1CCC(N)C1)N(C)C.Cl.Cl. The molecule has 1 aliphatic rings. The minimum absolute atomic E-state index is 0. The summed E-state index contributed by atoms with van der Waals surface area (Å²) in [5.41, 5.74) is 5.73. The first-order valence-corrected chi connectivity index (χ1v) is 4.73. The largest absolute Gasteiger partial charge is 0.340 e. The Labute approximate surface area is 104 Å². The zero-order valence-electron chi connectivity index (χ0n) is 9.47. The van der Waals surface area contributed by atoms with Crippen molar-refractivity contribution in [1.29, 1.82) is 0 Å². The van der Waals surface area contributed by atoms with Gasteiger partial charge in [-0.3, -0.25) is 9.69 Å². The minimum Gasteiger partial charge on any atom is -0.340 e. The molecule has 2 N–H and O–H groups in total. The van der Waals surface area contributed by atoms with E-state index in [2.05, 4.69) is 0 Å². The molecule has 6 heteroatoms. The topological polar surface area (TPSA) is 49.6 Å². The van der Waals surface area contributed by atoms with Gasteiger partial charge in [0.1, 0.15) is 0 Å². The molecule has 0 spiro atoms. The van der Waals surface area contributed by atoms with E-state index in [1.807, 2.05) is 30.8 Å². The Morgan fingerprint density at radius 1 is 1.47 bits per heavy atom. The van der Waals surface area contributed by atoms with E-state index >= 15 is 0 Å². The highest BCUT2D eigenvalue weighted by Crippen LogP contribution is 2.09. The van der Waals surface area contributed by atoms with Crippen molar-refractivity contribution in [2.24, 2.45) is 5.73 Å². The summed E-state index contributed by atoms with van der Waals surface area (Å²) in [6, 6.07) is 0.142. The first-order valence-electron chi connectivity index (χ1n) is 4.73. The van der Waals surface area contributed by atoms with E-state index in [0.29, 0.717) is 0 Å². The molecule has 0 aliphatic carbocycles. The Kier molecular flexibility index (Phi) is 8.43. The van der Waals surface area contributed by atoms with Gasteiger partial charge in [0.05, 0.1) is 6.04 Å². The predicted molar refractivity (Wildman–Crippen MR) is 66.8 cm³/mol. The van der Waals surface area contributed by atoms with Crippen molar-refractivity contribution < 1.29 is 4.79 Å². The Morgan fingerprint density at radius 2 is 2.00 bits per heavy atom. The van der Waals surface area contributed by atoms with Crippen molar-refractivity contribution >= 4 is 30.7 Å². The molecular weight excluding hydrogens is 237 g/mol. The highest BCUT2D eigenvalue weighted by molar-refractivity contribution is 5.85. The third kappa shape index (κ3) is 4.55. The summed E-state index contributed by atoms with van der Waals surface area (Å²) in [6.07, 6.45) is 0.936. The van der Waals surface area contributed by atoms with Gasteiger partial charge in [0.25, 0.3) is 0 Å². The summed E-state index contributed by atoms with van der Waals surface area (Å²) in [4.78, 5) is 15.5. The van der Waals surface area contributed by atoms with E-state index in [0.717, 1.165) is 19.5 Å². The summed E-state index contributed by atoms with van der Waals surface area (Å²) in [7, 11) is 3.83. The lowest BCUT2D eigenvalue weighted by Crippen LogP contribution is -2.44. The zero-order valence-corrected chi connectivity index (χ0v) is 11.1. The van der Waals surface area contributed by atoms with E-state index in [-0.39, 0.29) is 42.8 Å². The van der Waals surface area contributed by atoms with Crippen LogP contribution in [-0.4, -0.2) is 55.0 Å². The predicted octanol–water partition coefficient (Wildman–Crippen LogP) is 0.340. The monoisotopic (exact) mass is 257 g/mol. The van der Waals surface area contributed by atoms with Gasteiger partial charge >= 0.3 is 0 Å². The maximum absolute atomic E-state index is 11.8. The molecule has 0 aromatic heterocycles. The average Bonchev–Trinajstić information content (AvgIpc) is 2.49. The number of likely N-dealkylation sites (tertiary alicyclic amines) is 1. The number of carbonyl (C=O) groups excluding carboxylic acids is 1. The molecule has 1 fully saturated rings. The molecule has 4 nitrogen and oxygen atoms in total. The van der Waals surface area contributed by atoms with Gasteiger partial charge in [-0.2, -0.15) is 0 Å². The van der Waals surface area contributed by atoms with Gasteiger partial charge in [0.15, 0.2) is 0 Å². The summed E-state index contributed by atoms with van der Waals surface area (Å²) in [6.45, 7) is 3.46. The van der Waals surface area contributed by atoms with Gasteiger partial charge < -0.3 is 10.6 Å². The highest BCUT2D eigenvalue weighted by atomic mass is 35.5. The lowest BCUT2D eigenvalue weighted by molar-refractivity contribution is -0.134. The Hall–Kier alpha value is -0.0300. The smallest absolute Gasteiger partial charge is 0.239 e. The molecule has 1 aliphatic heterocycles. The van der Waals surface area contributed by atoms with Crippen LogP contribution in [0, 0.1) is 0 Å². The standard InChI is InChI=1S/C9H19N3O.2ClH/c1-7(11(2)3)9(13)12-5-4-8(10)6-12;;/h7-8H,4-6,10H2,1-3H3;2*1H/t7-,8?;;/m0../s1. The second-order valence-corrected chi connectivity index (χ2v) is 3.97. The molecule has 1 rings (SSSR count). The molecule has 1 amide bonds. The second kappa shape index (κ2) is 7.28. The van der Waals surface area contributed by atoms with Crippen molar-refractivity contribution in [2.75, 3.05) is 27.2 Å². The van der Waals surface area contributed by atoms with Crippen LogP contribution in [0.5, 0.6) is 0 Å². The number of nitrogens with zero attached hydrogens (tertiary/aromatic N) is 2. The third-order valence-corrected chi connectivity index (χ3v) is 2.67. The molecule has 15 heavy (non-hydrogen) atoms. The van der Waals surface area contributed by atoms with Crippen LogP contribution in [0.4, 0.5) is 0 Å². The fourth-order valence-corrected chi connectivity index (χ4v) is 1.47. The van der Waals surface area contributed by atoms with Gasteiger partial charge in [-0.05, 0) is 27.4 Å². The van der Waals surface area contributed by atoms with E-state index in [1.165, 1.54) is 0 Å². The molecule has 1 heterocycles. The minimum atomic E-state index is -0.0368. The Morgan fingerprint density at radius 3 is 2.33 bits per heavy atom.